The second-order valence-corrected chi connectivity index (χ2v) is 5.49. The van der Waals surface area contributed by atoms with Crippen molar-refractivity contribution in [3.05, 3.63) is 44.6 Å². The molecule has 0 bridgehead atoms. The SMILES string of the molecule is Cc1ncsc1Cn1c(=S)[nH]c2c(F)cc(F)cc21. The Labute approximate surface area is 116 Å². The van der Waals surface area contributed by atoms with Gasteiger partial charge in [0.15, 0.2) is 10.6 Å². The van der Waals surface area contributed by atoms with Crippen molar-refractivity contribution < 1.29 is 8.78 Å². The monoisotopic (exact) mass is 297 g/mol. The topological polar surface area (TPSA) is 33.6 Å². The number of H-pyrrole nitrogens is 1. The first kappa shape index (κ1) is 12.4. The van der Waals surface area contributed by atoms with Crippen LogP contribution in [0.3, 0.4) is 0 Å². The second-order valence-electron chi connectivity index (χ2n) is 4.16. The van der Waals surface area contributed by atoms with E-state index < -0.39 is 11.6 Å². The minimum atomic E-state index is -0.638. The molecule has 2 heterocycles. The molecule has 0 saturated carbocycles. The number of fused-ring (bicyclic) bond motifs is 1. The Morgan fingerprint density at radius 1 is 1.42 bits per heavy atom. The highest BCUT2D eigenvalue weighted by Crippen LogP contribution is 2.22. The number of aryl methyl sites for hydroxylation is 1. The van der Waals surface area contributed by atoms with Gasteiger partial charge in [-0.3, -0.25) is 0 Å². The second kappa shape index (κ2) is 4.50. The number of nitrogens with one attached hydrogen (secondary N) is 1. The molecule has 19 heavy (non-hydrogen) atoms. The van der Waals surface area contributed by atoms with Gasteiger partial charge in [-0.2, -0.15) is 0 Å². The first-order valence-corrected chi connectivity index (χ1v) is 6.81. The van der Waals surface area contributed by atoms with Crippen LogP contribution in [0, 0.1) is 23.3 Å². The van der Waals surface area contributed by atoms with Crippen molar-refractivity contribution in [2.75, 3.05) is 0 Å². The third kappa shape index (κ3) is 2.08. The number of halogens is 2. The van der Waals surface area contributed by atoms with E-state index in [2.05, 4.69) is 9.97 Å². The maximum atomic E-state index is 13.7. The number of hydrogen-bond acceptors (Lipinski definition) is 3. The molecule has 0 unspecified atom stereocenters. The summed E-state index contributed by atoms with van der Waals surface area (Å²) < 4.78 is 29.0. The molecule has 1 N–H and O–H groups in total. The van der Waals surface area contributed by atoms with E-state index in [-0.39, 0.29) is 5.52 Å². The fourth-order valence-electron chi connectivity index (χ4n) is 1.96. The molecule has 3 nitrogen and oxygen atoms in total. The summed E-state index contributed by atoms with van der Waals surface area (Å²) in [6.45, 7) is 2.35. The maximum Gasteiger partial charge on any atom is 0.178 e. The van der Waals surface area contributed by atoms with Crippen molar-refractivity contribution in [1.82, 2.24) is 14.5 Å². The number of aromatic nitrogens is 3. The van der Waals surface area contributed by atoms with Gasteiger partial charge in [-0.05, 0) is 25.2 Å². The average molecular weight is 297 g/mol. The van der Waals surface area contributed by atoms with Gasteiger partial charge < -0.3 is 9.55 Å². The van der Waals surface area contributed by atoms with Gasteiger partial charge in [-0.15, -0.1) is 11.3 Å². The molecular formula is C12H9F2N3S2. The van der Waals surface area contributed by atoms with Crippen LogP contribution in [0.2, 0.25) is 0 Å². The number of hydrogen-bond donors (Lipinski definition) is 1. The van der Waals surface area contributed by atoms with Crippen LogP contribution in [0.1, 0.15) is 10.6 Å². The molecule has 0 radical (unpaired) electrons. The molecule has 2 aromatic heterocycles. The predicted molar refractivity (Wildman–Crippen MR) is 73.0 cm³/mol. The molecule has 0 aliphatic rings. The summed E-state index contributed by atoms with van der Waals surface area (Å²) in [5, 5.41) is 0. The van der Waals surface area contributed by atoms with E-state index in [0.29, 0.717) is 16.8 Å². The van der Waals surface area contributed by atoms with Gasteiger partial charge in [-0.1, -0.05) is 0 Å². The lowest BCUT2D eigenvalue weighted by Crippen LogP contribution is -1.99. The summed E-state index contributed by atoms with van der Waals surface area (Å²) in [5.41, 5.74) is 3.30. The normalized spacial score (nSPS) is 11.3. The zero-order valence-electron chi connectivity index (χ0n) is 9.91. The number of thiazole rings is 1. The van der Waals surface area contributed by atoms with Gasteiger partial charge in [0.1, 0.15) is 11.3 Å². The highest BCUT2D eigenvalue weighted by molar-refractivity contribution is 7.71. The third-order valence-corrected chi connectivity index (χ3v) is 4.19. The average Bonchev–Trinajstić information content (AvgIpc) is 2.87. The molecule has 0 spiro atoms. The van der Waals surface area contributed by atoms with Crippen LogP contribution in [0.25, 0.3) is 11.0 Å². The largest absolute Gasteiger partial charge is 0.328 e. The highest BCUT2D eigenvalue weighted by Gasteiger charge is 2.12. The zero-order chi connectivity index (χ0) is 13.6. The van der Waals surface area contributed by atoms with Crippen LogP contribution < -0.4 is 0 Å². The van der Waals surface area contributed by atoms with Crippen molar-refractivity contribution in [1.29, 1.82) is 0 Å². The van der Waals surface area contributed by atoms with E-state index in [1.54, 1.807) is 10.1 Å². The molecule has 3 rings (SSSR count). The van der Waals surface area contributed by atoms with E-state index in [0.717, 1.165) is 16.6 Å². The molecule has 0 saturated heterocycles. The first-order chi connectivity index (χ1) is 9.06. The Hall–Kier alpha value is -1.60. The summed E-state index contributed by atoms with van der Waals surface area (Å²) >= 11 is 6.67. The summed E-state index contributed by atoms with van der Waals surface area (Å²) in [7, 11) is 0. The molecule has 0 aliphatic carbocycles. The predicted octanol–water partition coefficient (Wildman–Crippen LogP) is 3.79. The van der Waals surface area contributed by atoms with Gasteiger partial charge in [0, 0.05) is 10.9 Å². The molecule has 0 atom stereocenters. The first-order valence-electron chi connectivity index (χ1n) is 5.53. The van der Waals surface area contributed by atoms with Crippen molar-refractivity contribution in [2.45, 2.75) is 13.5 Å². The lowest BCUT2D eigenvalue weighted by molar-refractivity contribution is 0.590. The van der Waals surface area contributed by atoms with Gasteiger partial charge in [0.25, 0.3) is 0 Å². The molecule has 0 amide bonds. The van der Waals surface area contributed by atoms with Crippen molar-refractivity contribution >= 4 is 34.6 Å². The maximum absolute atomic E-state index is 13.7. The van der Waals surface area contributed by atoms with Crippen molar-refractivity contribution in [3.8, 4) is 0 Å². The molecule has 7 heteroatoms. The highest BCUT2D eigenvalue weighted by atomic mass is 32.1. The lowest BCUT2D eigenvalue weighted by atomic mass is 10.3. The fourth-order valence-corrected chi connectivity index (χ4v) is 2.99. The minimum absolute atomic E-state index is 0.230. The number of aromatic amines is 1. The number of benzene rings is 1. The molecule has 1 aromatic carbocycles. The van der Waals surface area contributed by atoms with Gasteiger partial charge in [-0.25, -0.2) is 13.8 Å². The van der Waals surface area contributed by atoms with E-state index >= 15 is 0 Å². The molecule has 3 aromatic rings. The van der Waals surface area contributed by atoms with Gasteiger partial charge >= 0.3 is 0 Å². The van der Waals surface area contributed by atoms with E-state index in [1.165, 1.54) is 17.4 Å². The quantitative estimate of drug-likeness (QED) is 0.730. The number of rotatable bonds is 2. The summed E-state index contributed by atoms with van der Waals surface area (Å²) in [6.07, 6.45) is 0. The zero-order valence-corrected chi connectivity index (χ0v) is 11.5. The van der Waals surface area contributed by atoms with Crippen LogP contribution in [-0.2, 0) is 6.54 Å². The summed E-state index contributed by atoms with van der Waals surface area (Å²) in [4.78, 5) is 7.95. The molecule has 0 aliphatic heterocycles. The Morgan fingerprint density at radius 2 is 2.21 bits per heavy atom. The molecule has 0 fully saturated rings. The van der Waals surface area contributed by atoms with Crippen LogP contribution >= 0.6 is 23.6 Å². The smallest absolute Gasteiger partial charge is 0.178 e. The summed E-state index contributed by atoms with van der Waals surface area (Å²) in [6, 6.07) is 2.12. The summed E-state index contributed by atoms with van der Waals surface area (Å²) in [5.74, 6) is -1.25. The Bertz CT molecular complexity index is 816. The van der Waals surface area contributed by atoms with E-state index in [4.69, 9.17) is 12.2 Å². The van der Waals surface area contributed by atoms with Crippen LogP contribution in [-0.4, -0.2) is 14.5 Å². The Kier molecular flexibility index (Phi) is 2.94. The Morgan fingerprint density at radius 3 is 2.89 bits per heavy atom. The standard InChI is InChI=1S/C12H9F2N3S2/c1-6-10(19-5-15-6)4-17-9-3-7(13)2-8(14)11(9)16-12(17)18/h2-3,5H,4H2,1H3,(H,16,18). The Balaban J connectivity index is 2.21. The lowest BCUT2D eigenvalue weighted by Gasteiger charge is -2.03. The minimum Gasteiger partial charge on any atom is -0.328 e. The van der Waals surface area contributed by atoms with Crippen LogP contribution in [0.5, 0.6) is 0 Å². The fraction of sp³-hybridized carbons (Fsp3) is 0.167. The molecular weight excluding hydrogens is 288 g/mol. The molecule has 98 valence electrons. The third-order valence-electron chi connectivity index (χ3n) is 2.95. The van der Waals surface area contributed by atoms with Crippen molar-refractivity contribution in [2.24, 2.45) is 0 Å². The van der Waals surface area contributed by atoms with Crippen LogP contribution in [0.4, 0.5) is 8.78 Å². The number of imidazole rings is 1. The van der Waals surface area contributed by atoms with E-state index in [9.17, 15) is 8.78 Å². The van der Waals surface area contributed by atoms with E-state index in [1.807, 2.05) is 6.92 Å². The van der Waals surface area contributed by atoms with Crippen LogP contribution in [0.15, 0.2) is 17.6 Å². The van der Waals surface area contributed by atoms with Gasteiger partial charge in [0.2, 0.25) is 0 Å². The van der Waals surface area contributed by atoms with Gasteiger partial charge in [0.05, 0.1) is 23.3 Å². The van der Waals surface area contributed by atoms with Crippen molar-refractivity contribution in [3.63, 3.8) is 0 Å². The number of nitrogens with zero attached hydrogens (tertiary/aromatic N) is 2.